The van der Waals surface area contributed by atoms with Gasteiger partial charge in [-0.25, -0.2) is 0 Å². The Morgan fingerprint density at radius 1 is 0.857 bits per heavy atom. The molecular weight excluding hydrogens is 515 g/mol. The van der Waals surface area contributed by atoms with Crippen LogP contribution in [0.2, 0.25) is 0 Å². The number of amides is 2. The summed E-state index contributed by atoms with van der Waals surface area (Å²) in [5.41, 5.74) is -7.09. The van der Waals surface area contributed by atoms with E-state index in [2.05, 4.69) is 4.28 Å². The highest BCUT2D eigenvalue weighted by atomic mass is 32.2. The molecule has 0 atom stereocenters. The van der Waals surface area contributed by atoms with E-state index >= 15 is 0 Å². The van der Waals surface area contributed by atoms with Crippen molar-refractivity contribution in [3.05, 3.63) is 41.5 Å². The molecule has 0 aliphatic carbocycles. The number of hydroxylamine groups is 2. The van der Waals surface area contributed by atoms with E-state index in [1.54, 1.807) is 0 Å². The van der Waals surface area contributed by atoms with Gasteiger partial charge in [0.15, 0.2) is 0 Å². The van der Waals surface area contributed by atoms with Crippen molar-refractivity contribution >= 4 is 42.8 Å². The first-order valence-corrected chi connectivity index (χ1v) is 12.9. The Hall–Kier alpha value is -2.71. The smallest absolute Gasteiger partial charge is 0.382 e. The molecule has 1 aliphatic rings. The van der Waals surface area contributed by atoms with Gasteiger partial charge >= 0.3 is 25.7 Å². The van der Waals surface area contributed by atoms with Gasteiger partial charge in [-0.2, -0.15) is 30.0 Å². The molecule has 0 radical (unpaired) electrons. The molecule has 9 nitrogen and oxygen atoms in total. The average molecular weight is 538 g/mol. The fraction of sp³-hybridized carbons (Fsp3) is 0.429. The molecule has 35 heavy (non-hydrogen) atoms. The minimum absolute atomic E-state index is 0.0227. The molecule has 2 aromatic rings. The Bertz CT molecular complexity index is 1440. The van der Waals surface area contributed by atoms with E-state index < -0.39 is 52.9 Å². The summed E-state index contributed by atoms with van der Waals surface area (Å²) in [6.07, 6.45) is 0.206. The number of nitrogens with zero attached hydrogens (tertiary/aromatic N) is 1. The van der Waals surface area contributed by atoms with Gasteiger partial charge in [0.25, 0.3) is 11.8 Å². The molecule has 0 spiro atoms. The number of benzene rings is 2. The summed E-state index contributed by atoms with van der Waals surface area (Å²) in [5, 5.41) is -0.383. The Kier molecular flexibility index (Phi) is 6.27. The number of rotatable bonds is 6. The van der Waals surface area contributed by atoms with E-state index in [4.69, 9.17) is 4.18 Å². The fourth-order valence-electron chi connectivity index (χ4n) is 3.92. The van der Waals surface area contributed by atoms with Crippen molar-refractivity contribution in [1.29, 1.82) is 0 Å². The van der Waals surface area contributed by atoms with Crippen molar-refractivity contribution < 1.29 is 48.1 Å². The summed E-state index contributed by atoms with van der Waals surface area (Å²) >= 11 is 0. The van der Waals surface area contributed by atoms with Crippen LogP contribution in [0.25, 0.3) is 10.8 Å². The van der Waals surface area contributed by atoms with Gasteiger partial charge in [-0.15, -0.1) is 9.35 Å². The number of imide groups is 1. The van der Waals surface area contributed by atoms with Gasteiger partial charge in [-0.05, 0) is 49.3 Å². The Labute approximate surface area is 200 Å². The van der Waals surface area contributed by atoms with Crippen LogP contribution in [-0.4, -0.2) is 44.0 Å². The number of carbonyl (C=O) groups is 2. The number of halogens is 3. The topological polar surface area (TPSA) is 124 Å². The molecule has 0 N–H and O–H groups in total. The lowest BCUT2D eigenvalue weighted by molar-refractivity contribution is -0.0761. The molecule has 1 aliphatic heterocycles. The largest absolute Gasteiger partial charge is 0.525 e. The van der Waals surface area contributed by atoms with E-state index in [9.17, 15) is 39.6 Å². The van der Waals surface area contributed by atoms with Crippen LogP contribution >= 0.6 is 0 Å². The number of hydrogen-bond acceptors (Lipinski definition) is 8. The average Bonchev–Trinajstić information content (AvgIpc) is 2.65. The third-order valence-electron chi connectivity index (χ3n) is 5.08. The maximum atomic E-state index is 13.0. The molecule has 0 aromatic heterocycles. The lowest BCUT2D eigenvalue weighted by Gasteiger charge is -2.31. The van der Waals surface area contributed by atoms with Crippen molar-refractivity contribution in [3.63, 3.8) is 0 Å². The molecule has 3 rings (SSSR count). The lowest BCUT2D eigenvalue weighted by Crippen LogP contribution is -2.44. The van der Waals surface area contributed by atoms with Gasteiger partial charge in [0.05, 0.1) is 11.1 Å². The molecule has 192 valence electrons. The van der Waals surface area contributed by atoms with Gasteiger partial charge < -0.3 is 4.18 Å². The van der Waals surface area contributed by atoms with Crippen LogP contribution < -0.4 is 4.18 Å². The summed E-state index contributed by atoms with van der Waals surface area (Å²) in [5.74, 6) is -3.33. The van der Waals surface area contributed by atoms with Crippen LogP contribution in [0.4, 0.5) is 13.2 Å². The first-order chi connectivity index (χ1) is 15.7. The second-order valence-electron chi connectivity index (χ2n) is 9.79. The molecule has 2 aromatic carbocycles. The standard InChI is InChI=1S/C21H22F3NO8S2/c1-19(2,3)11-20(4,5)34(28,29)32-13-9-12-7-6-8-14-16(12)15(10-13)18(27)25(17(14)26)33-35(30,31)21(22,23)24/h6-10H,11H2,1-5H3. The number of carbonyl (C=O) groups excluding carboxylic acids is 2. The maximum absolute atomic E-state index is 13.0. The maximum Gasteiger partial charge on any atom is 0.525 e. The Balaban J connectivity index is 2.11. The molecule has 0 bridgehead atoms. The van der Waals surface area contributed by atoms with Gasteiger partial charge in [-0.1, -0.05) is 32.9 Å². The Morgan fingerprint density at radius 2 is 1.43 bits per heavy atom. The minimum atomic E-state index is -6.35. The highest BCUT2D eigenvalue weighted by Gasteiger charge is 2.51. The van der Waals surface area contributed by atoms with Crippen molar-refractivity contribution in [3.8, 4) is 5.75 Å². The summed E-state index contributed by atoms with van der Waals surface area (Å²) < 4.78 is 95.0. The minimum Gasteiger partial charge on any atom is -0.382 e. The Morgan fingerprint density at radius 3 is 1.97 bits per heavy atom. The first-order valence-electron chi connectivity index (χ1n) is 10.1. The third-order valence-corrected chi connectivity index (χ3v) is 7.90. The monoisotopic (exact) mass is 537 g/mol. The van der Waals surface area contributed by atoms with Crippen molar-refractivity contribution in [2.75, 3.05) is 0 Å². The van der Waals surface area contributed by atoms with Crippen LogP contribution in [-0.2, 0) is 24.5 Å². The molecule has 0 unspecified atom stereocenters. The normalized spacial score (nSPS) is 15.6. The molecular formula is C21H22F3NO8S2. The second-order valence-corrected chi connectivity index (χ2v) is 13.5. The molecule has 1 heterocycles. The van der Waals surface area contributed by atoms with Crippen molar-refractivity contribution in [1.82, 2.24) is 5.06 Å². The van der Waals surface area contributed by atoms with Crippen molar-refractivity contribution in [2.24, 2.45) is 5.41 Å². The second kappa shape index (κ2) is 8.17. The molecule has 0 saturated heterocycles. The van der Waals surface area contributed by atoms with Gasteiger partial charge in [0.1, 0.15) is 10.5 Å². The third kappa shape index (κ3) is 5.00. The van der Waals surface area contributed by atoms with E-state index in [0.29, 0.717) is 0 Å². The van der Waals surface area contributed by atoms with E-state index in [-0.39, 0.29) is 33.9 Å². The summed E-state index contributed by atoms with van der Waals surface area (Å²) in [6.45, 7) is 8.43. The SMILES string of the molecule is CC(C)(C)CC(C)(C)S(=O)(=O)Oc1cc2c3c(cccc3c1)C(=O)N(OS(=O)(=O)C(F)(F)F)C2=O. The molecule has 2 amide bonds. The number of alkyl halides is 3. The van der Waals surface area contributed by atoms with Crippen LogP contribution in [0.1, 0.15) is 61.8 Å². The highest BCUT2D eigenvalue weighted by molar-refractivity contribution is 7.88. The van der Waals surface area contributed by atoms with Crippen LogP contribution in [0.15, 0.2) is 30.3 Å². The zero-order chi connectivity index (χ0) is 26.8. The predicted octanol–water partition coefficient (Wildman–Crippen LogP) is 4.14. The summed E-state index contributed by atoms with van der Waals surface area (Å²) in [6, 6.07) is 6.04. The molecule has 14 heteroatoms. The van der Waals surface area contributed by atoms with E-state index in [0.717, 1.165) is 12.1 Å². The highest BCUT2D eigenvalue weighted by Crippen LogP contribution is 2.38. The van der Waals surface area contributed by atoms with Crippen molar-refractivity contribution in [2.45, 2.75) is 51.3 Å². The first kappa shape index (κ1) is 26.9. The lowest BCUT2D eigenvalue weighted by atomic mass is 9.86. The van der Waals surface area contributed by atoms with Gasteiger partial charge in [0, 0.05) is 5.39 Å². The zero-order valence-corrected chi connectivity index (χ0v) is 20.9. The van der Waals surface area contributed by atoms with Crippen LogP contribution in [0, 0.1) is 5.41 Å². The van der Waals surface area contributed by atoms with Gasteiger partial charge in [0.2, 0.25) is 0 Å². The van der Waals surface area contributed by atoms with Gasteiger partial charge in [-0.3, -0.25) is 9.59 Å². The summed E-state index contributed by atoms with van der Waals surface area (Å²) in [4.78, 5) is 25.5. The van der Waals surface area contributed by atoms with Crippen LogP contribution in [0.3, 0.4) is 0 Å². The van der Waals surface area contributed by atoms with E-state index in [1.807, 2.05) is 20.8 Å². The zero-order valence-electron chi connectivity index (χ0n) is 19.3. The van der Waals surface area contributed by atoms with E-state index in [1.165, 1.54) is 32.0 Å². The quantitative estimate of drug-likeness (QED) is 0.306. The number of hydrogen-bond donors (Lipinski definition) is 0. The van der Waals surface area contributed by atoms with Crippen LogP contribution in [0.5, 0.6) is 5.75 Å². The summed E-state index contributed by atoms with van der Waals surface area (Å²) in [7, 11) is -10.6. The predicted molar refractivity (Wildman–Crippen MR) is 118 cm³/mol. The molecule has 0 saturated carbocycles. The fourth-order valence-corrected chi connectivity index (χ4v) is 5.52. The molecule has 0 fully saturated rings.